The molecule has 22 heavy (non-hydrogen) atoms. The van der Waals surface area contributed by atoms with Gasteiger partial charge in [-0.2, -0.15) is 10.1 Å². The summed E-state index contributed by atoms with van der Waals surface area (Å²) in [6, 6.07) is 6.33. The van der Waals surface area contributed by atoms with Crippen molar-refractivity contribution in [1.29, 1.82) is 0 Å². The molecule has 3 rings (SSSR count). The van der Waals surface area contributed by atoms with Crippen molar-refractivity contribution in [1.82, 2.24) is 15.2 Å². The molecule has 2 aromatic rings. The molecule has 1 atom stereocenters. The third-order valence-electron chi connectivity index (χ3n) is 4.00. The number of nitrogens with zero attached hydrogens (tertiary/aromatic N) is 4. The van der Waals surface area contributed by atoms with E-state index in [0.29, 0.717) is 11.9 Å². The molecule has 1 aromatic carbocycles. The molecule has 1 N–H and O–H groups in total. The van der Waals surface area contributed by atoms with E-state index in [4.69, 9.17) is 0 Å². The second kappa shape index (κ2) is 6.30. The van der Waals surface area contributed by atoms with Gasteiger partial charge in [-0.05, 0) is 55.9 Å². The number of rotatable bonds is 3. The Morgan fingerprint density at radius 3 is 2.68 bits per heavy atom. The maximum atomic E-state index is 4.63. The Balaban J connectivity index is 1.78. The van der Waals surface area contributed by atoms with Crippen LogP contribution in [0.2, 0.25) is 0 Å². The van der Waals surface area contributed by atoms with Crippen LogP contribution >= 0.6 is 0 Å². The maximum Gasteiger partial charge on any atom is 0.249 e. The highest BCUT2D eigenvalue weighted by Gasteiger charge is 2.18. The minimum Gasteiger partial charge on any atom is -0.355 e. The van der Waals surface area contributed by atoms with Gasteiger partial charge in [0.2, 0.25) is 5.95 Å². The van der Waals surface area contributed by atoms with E-state index in [-0.39, 0.29) is 0 Å². The number of benzene rings is 1. The molecule has 2 heterocycles. The summed E-state index contributed by atoms with van der Waals surface area (Å²) in [6.45, 7) is 8.55. The van der Waals surface area contributed by atoms with Crippen LogP contribution in [0.4, 0.5) is 17.5 Å². The second-order valence-electron chi connectivity index (χ2n) is 6.33. The number of hydrogen-bond acceptors (Lipinski definition) is 5. The van der Waals surface area contributed by atoms with Crippen molar-refractivity contribution in [3.8, 4) is 0 Å². The van der Waals surface area contributed by atoms with Crippen molar-refractivity contribution in [2.75, 3.05) is 23.3 Å². The third kappa shape index (κ3) is 3.53. The maximum absolute atomic E-state index is 4.63. The van der Waals surface area contributed by atoms with E-state index in [1.165, 1.54) is 24.0 Å². The Hall–Kier alpha value is -2.17. The van der Waals surface area contributed by atoms with Crippen LogP contribution in [0, 0.1) is 19.8 Å². The zero-order chi connectivity index (χ0) is 15.5. The highest BCUT2D eigenvalue weighted by Crippen LogP contribution is 2.22. The molecular formula is C17H23N5. The molecule has 1 aliphatic heterocycles. The van der Waals surface area contributed by atoms with E-state index >= 15 is 0 Å². The Morgan fingerprint density at radius 1 is 1.18 bits per heavy atom. The van der Waals surface area contributed by atoms with Gasteiger partial charge in [-0.25, -0.2) is 0 Å². The largest absolute Gasteiger partial charge is 0.355 e. The van der Waals surface area contributed by atoms with Gasteiger partial charge in [-0.3, -0.25) is 0 Å². The average molecular weight is 297 g/mol. The zero-order valence-corrected chi connectivity index (χ0v) is 13.5. The van der Waals surface area contributed by atoms with Crippen LogP contribution in [0.3, 0.4) is 0 Å². The van der Waals surface area contributed by atoms with Crippen molar-refractivity contribution in [3.63, 3.8) is 0 Å². The molecular weight excluding hydrogens is 274 g/mol. The minimum absolute atomic E-state index is 0.556. The fourth-order valence-corrected chi connectivity index (χ4v) is 3.07. The molecule has 0 radical (unpaired) electrons. The first-order valence-corrected chi connectivity index (χ1v) is 7.90. The molecule has 0 amide bonds. The Morgan fingerprint density at radius 2 is 1.95 bits per heavy atom. The van der Waals surface area contributed by atoms with Gasteiger partial charge in [0.15, 0.2) is 5.82 Å². The number of aryl methyl sites for hydroxylation is 2. The number of hydrogen-bond donors (Lipinski definition) is 1. The topological polar surface area (TPSA) is 53.9 Å². The fraction of sp³-hybridized carbons (Fsp3) is 0.471. The Bertz CT molecular complexity index is 635. The number of piperidine rings is 1. The molecule has 1 fully saturated rings. The molecule has 116 valence electrons. The third-order valence-corrected chi connectivity index (χ3v) is 4.00. The van der Waals surface area contributed by atoms with Crippen LogP contribution in [0.25, 0.3) is 0 Å². The predicted molar refractivity (Wildman–Crippen MR) is 89.6 cm³/mol. The highest BCUT2D eigenvalue weighted by atomic mass is 15.3. The van der Waals surface area contributed by atoms with Crippen LogP contribution in [0.15, 0.2) is 24.4 Å². The first-order valence-electron chi connectivity index (χ1n) is 7.90. The van der Waals surface area contributed by atoms with Crippen molar-refractivity contribution in [3.05, 3.63) is 35.5 Å². The molecule has 1 aliphatic rings. The van der Waals surface area contributed by atoms with E-state index in [0.717, 1.165) is 24.6 Å². The van der Waals surface area contributed by atoms with Crippen molar-refractivity contribution >= 4 is 17.5 Å². The molecule has 1 aromatic heterocycles. The minimum atomic E-state index is 0.556. The van der Waals surface area contributed by atoms with Crippen LogP contribution in [0.5, 0.6) is 0 Å². The number of nitrogens with one attached hydrogen (secondary N) is 1. The van der Waals surface area contributed by atoms with E-state index in [9.17, 15) is 0 Å². The molecule has 1 unspecified atom stereocenters. The first kappa shape index (κ1) is 14.8. The Kier molecular flexibility index (Phi) is 4.22. The van der Waals surface area contributed by atoms with Gasteiger partial charge < -0.3 is 10.2 Å². The van der Waals surface area contributed by atoms with Crippen LogP contribution in [-0.4, -0.2) is 28.3 Å². The summed E-state index contributed by atoms with van der Waals surface area (Å²) in [5, 5.41) is 11.5. The van der Waals surface area contributed by atoms with Crippen molar-refractivity contribution < 1.29 is 0 Å². The summed E-state index contributed by atoms with van der Waals surface area (Å²) >= 11 is 0. The van der Waals surface area contributed by atoms with Gasteiger partial charge >= 0.3 is 0 Å². The lowest BCUT2D eigenvalue weighted by molar-refractivity contribution is 0.444. The Labute approximate surface area is 131 Å². The highest BCUT2D eigenvalue weighted by molar-refractivity contribution is 5.56. The zero-order valence-electron chi connectivity index (χ0n) is 13.5. The van der Waals surface area contributed by atoms with Gasteiger partial charge in [-0.1, -0.05) is 13.0 Å². The molecule has 1 saturated heterocycles. The lowest BCUT2D eigenvalue weighted by atomic mass is 10.0. The predicted octanol–water partition coefficient (Wildman–Crippen LogP) is 3.47. The number of anilines is 3. The van der Waals surface area contributed by atoms with Crippen molar-refractivity contribution in [2.24, 2.45) is 5.92 Å². The summed E-state index contributed by atoms with van der Waals surface area (Å²) in [4.78, 5) is 6.93. The first-order chi connectivity index (χ1) is 10.6. The van der Waals surface area contributed by atoms with E-state index in [1.54, 1.807) is 6.20 Å². The average Bonchev–Trinajstić information content (AvgIpc) is 2.46. The van der Waals surface area contributed by atoms with Crippen LogP contribution in [-0.2, 0) is 0 Å². The molecule has 0 saturated carbocycles. The molecule has 0 spiro atoms. The molecule has 5 nitrogen and oxygen atoms in total. The van der Waals surface area contributed by atoms with Gasteiger partial charge in [0.1, 0.15) is 0 Å². The second-order valence-corrected chi connectivity index (χ2v) is 6.33. The standard InChI is InChI=1S/C17H23N5/c1-12-5-4-6-22(11-12)16-10-18-21-17(20-16)19-15-8-13(2)7-14(3)9-15/h7-10,12H,4-6,11H2,1-3H3,(H,19,20,21). The molecule has 0 aliphatic carbocycles. The SMILES string of the molecule is Cc1cc(C)cc(Nc2nncc(N3CCCC(C)C3)n2)c1. The van der Waals surface area contributed by atoms with E-state index in [1.807, 2.05) is 0 Å². The summed E-state index contributed by atoms with van der Waals surface area (Å²) in [6.07, 6.45) is 4.26. The van der Waals surface area contributed by atoms with Gasteiger partial charge in [0, 0.05) is 18.8 Å². The normalized spacial score (nSPS) is 18.3. The monoisotopic (exact) mass is 297 g/mol. The van der Waals surface area contributed by atoms with Gasteiger partial charge in [0.05, 0.1) is 6.20 Å². The lowest BCUT2D eigenvalue weighted by Gasteiger charge is -2.31. The number of aromatic nitrogens is 3. The van der Waals surface area contributed by atoms with Crippen LogP contribution in [0.1, 0.15) is 30.9 Å². The summed E-state index contributed by atoms with van der Waals surface area (Å²) in [7, 11) is 0. The quantitative estimate of drug-likeness (QED) is 0.940. The summed E-state index contributed by atoms with van der Waals surface area (Å²) in [5.74, 6) is 2.17. The van der Waals surface area contributed by atoms with Gasteiger partial charge in [-0.15, -0.1) is 5.10 Å². The molecule has 0 bridgehead atoms. The van der Waals surface area contributed by atoms with E-state index in [2.05, 4.69) is 64.4 Å². The fourth-order valence-electron chi connectivity index (χ4n) is 3.07. The lowest BCUT2D eigenvalue weighted by Crippen LogP contribution is -2.35. The smallest absolute Gasteiger partial charge is 0.249 e. The summed E-state index contributed by atoms with van der Waals surface area (Å²) < 4.78 is 0. The van der Waals surface area contributed by atoms with Gasteiger partial charge in [0.25, 0.3) is 0 Å². The van der Waals surface area contributed by atoms with E-state index < -0.39 is 0 Å². The van der Waals surface area contributed by atoms with Crippen molar-refractivity contribution in [2.45, 2.75) is 33.6 Å². The molecule has 5 heteroatoms. The summed E-state index contributed by atoms with van der Waals surface area (Å²) in [5.41, 5.74) is 3.44. The van der Waals surface area contributed by atoms with Crippen LogP contribution < -0.4 is 10.2 Å².